The van der Waals surface area contributed by atoms with Crippen molar-refractivity contribution in [2.24, 2.45) is 35.4 Å². The molecule has 0 radical (unpaired) electrons. The lowest BCUT2D eigenvalue weighted by molar-refractivity contribution is -0.0517. The highest BCUT2D eigenvalue weighted by Crippen LogP contribution is 2.57. The molecule has 0 saturated heterocycles. The summed E-state index contributed by atoms with van der Waals surface area (Å²) in [7, 11) is 0. The summed E-state index contributed by atoms with van der Waals surface area (Å²) in [6.07, 6.45) is 8.52. The van der Waals surface area contributed by atoms with Crippen molar-refractivity contribution in [3.05, 3.63) is 35.9 Å². The molecule has 0 spiro atoms. The molecule has 0 aliphatic heterocycles. The van der Waals surface area contributed by atoms with Gasteiger partial charge in [0, 0.05) is 6.04 Å². The second kappa shape index (κ2) is 5.16. The van der Waals surface area contributed by atoms with Gasteiger partial charge in [0.25, 0.3) is 0 Å². The van der Waals surface area contributed by atoms with E-state index in [0.29, 0.717) is 6.04 Å². The van der Waals surface area contributed by atoms with Crippen LogP contribution in [0.4, 0.5) is 0 Å². The molecule has 1 aromatic carbocycles. The van der Waals surface area contributed by atoms with Crippen molar-refractivity contribution in [3.63, 3.8) is 0 Å². The molecule has 5 rings (SSSR count). The Labute approximate surface area is 122 Å². The average Bonchev–Trinajstić information content (AvgIpc) is 2.46. The van der Waals surface area contributed by atoms with E-state index in [0.717, 1.165) is 36.0 Å². The van der Waals surface area contributed by atoms with Gasteiger partial charge in [0.1, 0.15) is 0 Å². The first-order valence-electron chi connectivity index (χ1n) is 8.33. The van der Waals surface area contributed by atoms with Crippen LogP contribution < -0.4 is 11.3 Å². The van der Waals surface area contributed by atoms with E-state index in [1.807, 2.05) is 0 Å². The minimum absolute atomic E-state index is 0.465. The largest absolute Gasteiger partial charge is 0.271 e. The lowest BCUT2D eigenvalue weighted by Crippen LogP contribution is -2.55. The van der Waals surface area contributed by atoms with Gasteiger partial charge in [0.2, 0.25) is 0 Å². The Morgan fingerprint density at radius 2 is 1.55 bits per heavy atom. The highest BCUT2D eigenvalue weighted by molar-refractivity contribution is 5.17. The number of benzene rings is 1. The Morgan fingerprint density at radius 3 is 2.10 bits per heavy atom. The number of hydrogen-bond acceptors (Lipinski definition) is 2. The molecule has 1 aromatic rings. The predicted molar refractivity (Wildman–Crippen MR) is 81.8 cm³/mol. The van der Waals surface area contributed by atoms with Gasteiger partial charge in [-0.05, 0) is 73.7 Å². The van der Waals surface area contributed by atoms with Crippen LogP contribution >= 0.6 is 0 Å². The third-order valence-electron chi connectivity index (χ3n) is 6.28. The van der Waals surface area contributed by atoms with Gasteiger partial charge in [-0.2, -0.15) is 0 Å². The van der Waals surface area contributed by atoms with Crippen molar-refractivity contribution in [2.45, 2.75) is 44.6 Å². The van der Waals surface area contributed by atoms with E-state index in [1.54, 1.807) is 0 Å². The first kappa shape index (κ1) is 12.8. The molecule has 0 aromatic heterocycles. The van der Waals surface area contributed by atoms with Crippen LogP contribution in [0.1, 0.15) is 37.7 Å². The monoisotopic (exact) mass is 270 g/mol. The smallest absolute Gasteiger partial charge is 0.0284 e. The maximum absolute atomic E-state index is 5.95. The van der Waals surface area contributed by atoms with Crippen LogP contribution in [-0.4, -0.2) is 6.04 Å². The SMILES string of the molecule is NNC(Cc1ccccc1)C1C2CC3CC(C2)CC1C3. The number of nitrogens with two attached hydrogens (primary N) is 1. The van der Waals surface area contributed by atoms with E-state index in [4.69, 9.17) is 5.84 Å². The summed E-state index contributed by atoms with van der Waals surface area (Å²) in [6, 6.07) is 11.3. The van der Waals surface area contributed by atoms with Crippen molar-refractivity contribution >= 4 is 0 Å². The van der Waals surface area contributed by atoms with Crippen molar-refractivity contribution in [3.8, 4) is 0 Å². The summed E-state index contributed by atoms with van der Waals surface area (Å²) in [5.74, 6) is 10.7. The molecule has 3 N–H and O–H groups in total. The summed E-state index contributed by atoms with van der Waals surface area (Å²) < 4.78 is 0. The topological polar surface area (TPSA) is 38.0 Å². The maximum atomic E-state index is 5.95. The number of rotatable bonds is 4. The first-order chi connectivity index (χ1) is 9.83. The summed E-state index contributed by atoms with van der Waals surface area (Å²) in [6.45, 7) is 0. The van der Waals surface area contributed by atoms with Gasteiger partial charge in [-0.15, -0.1) is 0 Å². The maximum Gasteiger partial charge on any atom is 0.0284 e. The lowest BCUT2D eigenvalue weighted by Gasteiger charge is -2.56. The van der Waals surface area contributed by atoms with Crippen LogP contribution in [0.5, 0.6) is 0 Å². The number of hydrazine groups is 1. The van der Waals surface area contributed by atoms with E-state index in [2.05, 4.69) is 35.8 Å². The molecule has 2 nitrogen and oxygen atoms in total. The van der Waals surface area contributed by atoms with Crippen LogP contribution in [0, 0.1) is 29.6 Å². The van der Waals surface area contributed by atoms with E-state index >= 15 is 0 Å². The Bertz CT molecular complexity index is 428. The van der Waals surface area contributed by atoms with E-state index in [-0.39, 0.29) is 0 Å². The van der Waals surface area contributed by atoms with Gasteiger partial charge in [-0.1, -0.05) is 30.3 Å². The third-order valence-corrected chi connectivity index (χ3v) is 6.28. The van der Waals surface area contributed by atoms with Crippen LogP contribution in [0.25, 0.3) is 0 Å². The zero-order valence-electron chi connectivity index (χ0n) is 12.2. The summed E-state index contributed by atoms with van der Waals surface area (Å²) in [4.78, 5) is 0. The summed E-state index contributed by atoms with van der Waals surface area (Å²) >= 11 is 0. The van der Waals surface area contributed by atoms with Gasteiger partial charge in [0.05, 0.1) is 0 Å². The first-order valence-corrected chi connectivity index (χ1v) is 8.33. The van der Waals surface area contributed by atoms with Gasteiger partial charge in [0.15, 0.2) is 0 Å². The third kappa shape index (κ3) is 2.19. The van der Waals surface area contributed by atoms with Crippen molar-refractivity contribution < 1.29 is 0 Å². The average molecular weight is 270 g/mol. The van der Waals surface area contributed by atoms with Crippen LogP contribution in [0.2, 0.25) is 0 Å². The van der Waals surface area contributed by atoms with E-state index in [1.165, 1.54) is 37.7 Å². The molecular weight excluding hydrogens is 244 g/mol. The Kier molecular flexibility index (Phi) is 3.31. The van der Waals surface area contributed by atoms with Gasteiger partial charge < -0.3 is 0 Å². The Balaban J connectivity index is 1.53. The quantitative estimate of drug-likeness (QED) is 0.651. The second-order valence-corrected chi connectivity index (χ2v) is 7.47. The molecule has 4 saturated carbocycles. The second-order valence-electron chi connectivity index (χ2n) is 7.47. The van der Waals surface area contributed by atoms with Crippen LogP contribution in [0.3, 0.4) is 0 Å². The van der Waals surface area contributed by atoms with Gasteiger partial charge >= 0.3 is 0 Å². The Hall–Kier alpha value is -0.860. The molecule has 0 heterocycles. The fourth-order valence-electron chi connectivity index (χ4n) is 5.80. The Morgan fingerprint density at radius 1 is 0.950 bits per heavy atom. The lowest BCUT2D eigenvalue weighted by atomic mass is 9.50. The molecule has 20 heavy (non-hydrogen) atoms. The number of nitrogens with one attached hydrogen (secondary N) is 1. The summed E-state index contributed by atoms with van der Waals surface area (Å²) in [5.41, 5.74) is 4.60. The molecule has 0 amide bonds. The van der Waals surface area contributed by atoms with E-state index < -0.39 is 0 Å². The molecule has 4 aliphatic rings. The fraction of sp³-hybridized carbons (Fsp3) is 0.667. The van der Waals surface area contributed by atoms with E-state index in [9.17, 15) is 0 Å². The zero-order chi connectivity index (χ0) is 13.5. The molecule has 108 valence electrons. The van der Waals surface area contributed by atoms with Crippen molar-refractivity contribution in [1.82, 2.24) is 5.43 Å². The number of hydrogen-bond donors (Lipinski definition) is 2. The van der Waals surface area contributed by atoms with Gasteiger partial charge in [-0.25, -0.2) is 0 Å². The van der Waals surface area contributed by atoms with Crippen LogP contribution in [-0.2, 0) is 6.42 Å². The standard InChI is InChI=1S/C18H26N2/c19-20-17(11-12-4-2-1-3-5-12)18-15-7-13-6-14(9-15)10-16(18)8-13/h1-5,13-18,20H,6-11,19H2. The van der Waals surface area contributed by atoms with Crippen molar-refractivity contribution in [2.75, 3.05) is 0 Å². The molecular formula is C18H26N2. The van der Waals surface area contributed by atoms with Crippen LogP contribution in [0.15, 0.2) is 30.3 Å². The summed E-state index contributed by atoms with van der Waals surface area (Å²) in [5, 5.41) is 0. The molecule has 2 heteroatoms. The fourth-order valence-corrected chi connectivity index (χ4v) is 5.80. The predicted octanol–water partition coefficient (Wildman–Crippen LogP) is 3.13. The highest BCUT2D eigenvalue weighted by atomic mass is 15.2. The normalized spacial score (nSPS) is 40.0. The molecule has 4 aliphatic carbocycles. The van der Waals surface area contributed by atoms with Gasteiger partial charge in [-0.3, -0.25) is 11.3 Å². The molecule has 4 bridgehead atoms. The molecule has 1 unspecified atom stereocenters. The minimum Gasteiger partial charge on any atom is -0.271 e. The highest BCUT2D eigenvalue weighted by Gasteiger charge is 2.50. The minimum atomic E-state index is 0.465. The molecule has 4 fully saturated rings. The molecule has 1 atom stereocenters. The van der Waals surface area contributed by atoms with Crippen molar-refractivity contribution in [1.29, 1.82) is 0 Å². The zero-order valence-corrected chi connectivity index (χ0v) is 12.2.